The van der Waals surface area contributed by atoms with Gasteiger partial charge in [-0.2, -0.15) is 26.3 Å². The third kappa shape index (κ3) is 8.66. The van der Waals surface area contributed by atoms with Crippen LogP contribution in [0.25, 0.3) is 0 Å². The summed E-state index contributed by atoms with van der Waals surface area (Å²) in [4.78, 5) is 4.27. The summed E-state index contributed by atoms with van der Waals surface area (Å²) in [6, 6.07) is 7.07. The Balaban J connectivity index is 1.46. The van der Waals surface area contributed by atoms with E-state index in [0.717, 1.165) is 19.6 Å². The molecule has 1 N–H and O–H groups in total. The minimum Gasteiger partial charge on any atom is -0.350 e. The van der Waals surface area contributed by atoms with Crippen LogP contribution < -0.4 is 5.32 Å². The molecular formula is C29H32F7N3O2. The summed E-state index contributed by atoms with van der Waals surface area (Å²) in [6.45, 7) is 3.70. The van der Waals surface area contributed by atoms with Crippen molar-refractivity contribution < 1.29 is 40.2 Å². The SMILES string of the molecule is CN1CCNCC1CC#CCN1CCO[C@@H](OCCc2cc(C(F)(F)F)cc(C(F)(F)F)c2)[C@@H]1c1ccc(F)cc1. The molecule has 12 heteroatoms. The number of hydrogen-bond donors (Lipinski definition) is 1. The van der Waals surface area contributed by atoms with Crippen LogP contribution in [-0.4, -0.2) is 75.1 Å². The molecule has 2 heterocycles. The largest absolute Gasteiger partial charge is 0.416 e. The molecule has 1 unspecified atom stereocenters. The maximum atomic E-state index is 13.7. The number of hydrogen-bond acceptors (Lipinski definition) is 5. The van der Waals surface area contributed by atoms with Gasteiger partial charge in [-0.1, -0.05) is 18.1 Å². The van der Waals surface area contributed by atoms with Gasteiger partial charge in [-0.3, -0.25) is 9.80 Å². The fourth-order valence-electron chi connectivity index (χ4n) is 4.93. The number of likely N-dealkylation sites (N-methyl/N-ethyl adjacent to an activating group) is 1. The van der Waals surface area contributed by atoms with Crippen LogP contribution in [0.3, 0.4) is 0 Å². The number of rotatable bonds is 7. The first-order valence-electron chi connectivity index (χ1n) is 13.3. The zero-order valence-corrected chi connectivity index (χ0v) is 22.5. The Kier molecular flexibility index (Phi) is 10.3. The van der Waals surface area contributed by atoms with Gasteiger partial charge in [0.1, 0.15) is 5.82 Å². The van der Waals surface area contributed by atoms with Crippen molar-refractivity contribution in [2.24, 2.45) is 0 Å². The first-order chi connectivity index (χ1) is 19.4. The summed E-state index contributed by atoms with van der Waals surface area (Å²) < 4.78 is 105. The monoisotopic (exact) mass is 587 g/mol. The van der Waals surface area contributed by atoms with Gasteiger partial charge in [0.25, 0.3) is 0 Å². The quantitative estimate of drug-likeness (QED) is 0.360. The maximum absolute atomic E-state index is 13.7. The van der Waals surface area contributed by atoms with Crippen LogP contribution >= 0.6 is 0 Å². The van der Waals surface area contributed by atoms with Crippen molar-refractivity contribution in [1.29, 1.82) is 0 Å². The second-order valence-corrected chi connectivity index (χ2v) is 10.1. The molecule has 41 heavy (non-hydrogen) atoms. The first kappa shape index (κ1) is 31.3. The average molecular weight is 588 g/mol. The highest BCUT2D eigenvalue weighted by atomic mass is 19.4. The van der Waals surface area contributed by atoms with Crippen LogP contribution in [0.15, 0.2) is 42.5 Å². The molecule has 2 saturated heterocycles. The molecule has 2 aromatic rings. The zero-order valence-electron chi connectivity index (χ0n) is 22.5. The summed E-state index contributed by atoms with van der Waals surface area (Å²) in [7, 11) is 2.06. The predicted octanol–water partition coefficient (Wildman–Crippen LogP) is 5.12. The normalized spacial score (nSPS) is 22.8. The highest BCUT2D eigenvalue weighted by Gasteiger charge is 2.37. The van der Waals surface area contributed by atoms with Gasteiger partial charge in [-0.05, 0) is 54.9 Å². The molecule has 0 radical (unpaired) electrons. The van der Waals surface area contributed by atoms with Crippen molar-refractivity contribution in [2.45, 2.75) is 43.6 Å². The van der Waals surface area contributed by atoms with Gasteiger partial charge in [0.2, 0.25) is 0 Å². The third-order valence-corrected chi connectivity index (χ3v) is 7.23. The Bertz CT molecular complexity index is 1180. The Morgan fingerprint density at radius 3 is 2.29 bits per heavy atom. The summed E-state index contributed by atoms with van der Waals surface area (Å²) in [5.41, 5.74) is -2.22. The van der Waals surface area contributed by atoms with E-state index in [2.05, 4.69) is 29.1 Å². The summed E-state index contributed by atoms with van der Waals surface area (Å²) in [5.74, 6) is 6.00. The van der Waals surface area contributed by atoms with Gasteiger partial charge >= 0.3 is 12.4 Å². The molecular weight excluding hydrogens is 555 g/mol. The van der Waals surface area contributed by atoms with Crippen molar-refractivity contribution in [1.82, 2.24) is 15.1 Å². The molecule has 0 aromatic heterocycles. The maximum Gasteiger partial charge on any atom is 0.416 e. The molecule has 3 atom stereocenters. The van der Waals surface area contributed by atoms with E-state index < -0.39 is 41.6 Å². The van der Waals surface area contributed by atoms with E-state index in [-0.39, 0.29) is 31.3 Å². The summed E-state index contributed by atoms with van der Waals surface area (Å²) in [5, 5.41) is 3.35. The topological polar surface area (TPSA) is 37.0 Å². The standard InChI is InChI=1S/C29H32F7N3O2/c1-38-12-10-37-19-25(38)4-2-3-11-39-13-15-41-27(26(39)21-5-7-24(30)8-6-21)40-14-9-20-16-22(28(31,32)33)18-23(17-20)29(34,35)36/h5-8,16-18,25-27,37H,4,9-15,19H2,1H3/t25?,26-,27+/m0/s1. The number of halogens is 7. The lowest BCUT2D eigenvalue weighted by molar-refractivity contribution is -0.208. The van der Waals surface area contributed by atoms with Crippen LogP contribution in [0.2, 0.25) is 0 Å². The van der Waals surface area contributed by atoms with E-state index >= 15 is 0 Å². The Labute approximate surface area is 234 Å². The second-order valence-electron chi connectivity index (χ2n) is 10.1. The average Bonchev–Trinajstić information content (AvgIpc) is 2.92. The minimum atomic E-state index is -4.93. The van der Waals surface area contributed by atoms with Gasteiger partial charge < -0.3 is 14.8 Å². The van der Waals surface area contributed by atoms with E-state index in [0.29, 0.717) is 43.2 Å². The number of alkyl halides is 6. The van der Waals surface area contributed by atoms with Crippen LogP contribution in [0.5, 0.6) is 0 Å². The van der Waals surface area contributed by atoms with E-state index in [1.54, 1.807) is 12.1 Å². The number of piperazine rings is 1. The van der Waals surface area contributed by atoms with Gasteiger partial charge in [-0.25, -0.2) is 4.39 Å². The van der Waals surface area contributed by atoms with Crippen LogP contribution in [-0.2, 0) is 28.2 Å². The summed E-state index contributed by atoms with van der Waals surface area (Å²) >= 11 is 0. The lowest BCUT2D eigenvalue weighted by Crippen LogP contribution is -2.49. The van der Waals surface area contributed by atoms with Gasteiger partial charge in [0, 0.05) is 38.6 Å². The highest BCUT2D eigenvalue weighted by Crippen LogP contribution is 2.37. The van der Waals surface area contributed by atoms with E-state index in [1.165, 1.54) is 12.1 Å². The molecule has 5 nitrogen and oxygen atoms in total. The van der Waals surface area contributed by atoms with Crippen molar-refractivity contribution in [2.75, 3.05) is 53.0 Å². The molecule has 0 bridgehead atoms. The van der Waals surface area contributed by atoms with E-state index in [4.69, 9.17) is 9.47 Å². The fraction of sp³-hybridized carbons (Fsp3) is 0.517. The molecule has 224 valence electrons. The molecule has 0 amide bonds. The van der Waals surface area contributed by atoms with Gasteiger partial charge in [-0.15, -0.1) is 5.92 Å². The van der Waals surface area contributed by atoms with Crippen LogP contribution in [0.4, 0.5) is 30.7 Å². The molecule has 2 aromatic carbocycles. The molecule has 0 aliphatic carbocycles. The van der Waals surface area contributed by atoms with Crippen LogP contribution in [0.1, 0.15) is 34.7 Å². The number of nitrogens with zero attached hydrogens (tertiary/aromatic N) is 2. The molecule has 2 aliphatic heterocycles. The zero-order chi connectivity index (χ0) is 29.6. The number of nitrogens with one attached hydrogen (secondary N) is 1. The Hall–Kier alpha value is -2.69. The third-order valence-electron chi connectivity index (χ3n) is 7.23. The highest BCUT2D eigenvalue weighted by molar-refractivity contribution is 5.33. The lowest BCUT2D eigenvalue weighted by atomic mass is 10.0. The number of benzene rings is 2. The van der Waals surface area contributed by atoms with Crippen molar-refractivity contribution in [3.63, 3.8) is 0 Å². The van der Waals surface area contributed by atoms with Gasteiger partial charge in [0.15, 0.2) is 6.29 Å². The lowest BCUT2D eigenvalue weighted by Gasteiger charge is -2.40. The molecule has 2 aliphatic rings. The van der Waals surface area contributed by atoms with E-state index in [1.807, 2.05) is 4.90 Å². The van der Waals surface area contributed by atoms with Crippen molar-refractivity contribution in [3.05, 3.63) is 70.5 Å². The minimum absolute atomic E-state index is 0.0981. The number of ether oxygens (including phenoxy) is 2. The number of morpholine rings is 1. The first-order valence-corrected chi connectivity index (χ1v) is 13.3. The second kappa shape index (κ2) is 13.5. The van der Waals surface area contributed by atoms with E-state index in [9.17, 15) is 30.7 Å². The Morgan fingerprint density at radius 1 is 0.976 bits per heavy atom. The summed E-state index contributed by atoms with van der Waals surface area (Å²) in [6.07, 6.45) is -10.3. The Morgan fingerprint density at radius 2 is 1.66 bits per heavy atom. The predicted molar refractivity (Wildman–Crippen MR) is 138 cm³/mol. The van der Waals surface area contributed by atoms with Crippen molar-refractivity contribution >= 4 is 0 Å². The molecule has 0 saturated carbocycles. The van der Waals surface area contributed by atoms with Crippen molar-refractivity contribution in [3.8, 4) is 11.8 Å². The van der Waals surface area contributed by atoms with Crippen LogP contribution in [0, 0.1) is 17.7 Å². The van der Waals surface area contributed by atoms with Gasteiger partial charge in [0.05, 0.1) is 36.9 Å². The fourth-order valence-corrected chi connectivity index (χ4v) is 4.93. The molecule has 4 rings (SSSR count). The molecule has 0 spiro atoms. The smallest absolute Gasteiger partial charge is 0.350 e. The molecule has 2 fully saturated rings.